The number of benzene rings is 1. The first-order valence-electron chi connectivity index (χ1n) is 6.32. The molecule has 1 unspecified atom stereocenters. The number of methoxy groups -OCH3 is 1. The van der Waals surface area contributed by atoms with Gasteiger partial charge in [0.05, 0.1) is 23.2 Å². The number of urea groups is 1. The first kappa shape index (κ1) is 16.2. The molecule has 3 N–H and O–H groups in total. The zero-order valence-corrected chi connectivity index (χ0v) is 13.8. The molecule has 2 amide bonds. The molecule has 0 saturated carbocycles. The van der Waals surface area contributed by atoms with E-state index in [9.17, 15) is 19.8 Å². The Kier molecular flexibility index (Phi) is 4.32. The maximum atomic E-state index is 12.0. The molecule has 1 aromatic carbocycles. The number of carboxylic acids is 1. The summed E-state index contributed by atoms with van der Waals surface area (Å²) in [4.78, 5) is 24.8. The summed E-state index contributed by atoms with van der Waals surface area (Å²) in [5, 5.41) is 21.9. The van der Waals surface area contributed by atoms with Crippen molar-refractivity contribution in [2.24, 2.45) is 0 Å². The Hall–Kier alpha value is -2.22. The highest BCUT2D eigenvalue weighted by Gasteiger charge is 2.34. The van der Waals surface area contributed by atoms with Gasteiger partial charge in [0.25, 0.3) is 0 Å². The summed E-state index contributed by atoms with van der Waals surface area (Å²) in [5.74, 6) is -1.04. The highest BCUT2D eigenvalue weighted by molar-refractivity contribution is 9.10. The van der Waals surface area contributed by atoms with Crippen molar-refractivity contribution in [2.75, 3.05) is 14.2 Å². The normalized spacial score (nSPS) is 18.3. The molecular formula is C14H15BrN2O5. The van der Waals surface area contributed by atoms with Gasteiger partial charge in [0.2, 0.25) is 0 Å². The molecule has 0 aliphatic carbocycles. The molecule has 1 heterocycles. The Labute approximate surface area is 135 Å². The van der Waals surface area contributed by atoms with Crippen molar-refractivity contribution < 1.29 is 24.5 Å². The van der Waals surface area contributed by atoms with Crippen molar-refractivity contribution in [3.05, 3.63) is 33.4 Å². The molecule has 118 valence electrons. The Bertz CT molecular complexity index is 686. The fourth-order valence-electron chi connectivity index (χ4n) is 2.28. The number of phenolic OH excluding ortho intramolecular Hbond substituents is 1. The van der Waals surface area contributed by atoms with Crippen molar-refractivity contribution in [2.45, 2.75) is 13.0 Å². The topological polar surface area (TPSA) is 99.1 Å². The zero-order chi connectivity index (χ0) is 16.6. The first-order valence-corrected chi connectivity index (χ1v) is 7.11. The summed E-state index contributed by atoms with van der Waals surface area (Å²) in [6.07, 6.45) is 0. The van der Waals surface area contributed by atoms with Crippen molar-refractivity contribution in [1.82, 2.24) is 10.2 Å². The number of carbonyl (C=O) groups excluding carboxylic acids is 1. The number of carbonyl (C=O) groups is 2. The minimum Gasteiger partial charge on any atom is -0.503 e. The number of nitrogens with zero attached hydrogens (tertiary/aromatic N) is 1. The van der Waals surface area contributed by atoms with E-state index in [-0.39, 0.29) is 17.1 Å². The SMILES string of the molecule is COc1cc(C2NC(=O)N(C)C(C)=C2C(=O)O)cc(Br)c1O. The Morgan fingerprint density at radius 3 is 2.64 bits per heavy atom. The molecule has 1 aromatic rings. The molecule has 1 atom stereocenters. The Morgan fingerprint density at radius 2 is 2.09 bits per heavy atom. The van der Waals surface area contributed by atoms with Crippen LogP contribution >= 0.6 is 15.9 Å². The van der Waals surface area contributed by atoms with Gasteiger partial charge < -0.3 is 25.2 Å². The number of aromatic hydroxyl groups is 1. The first-order chi connectivity index (χ1) is 10.3. The summed E-state index contributed by atoms with van der Waals surface area (Å²) in [5.41, 5.74) is 0.894. The number of hydrogen-bond donors (Lipinski definition) is 3. The van der Waals surface area contributed by atoms with Crippen molar-refractivity contribution in [3.8, 4) is 11.5 Å². The van der Waals surface area contributed by atoms with Crippen LogP contribution in [0.3, 0.4) is 0 Å². The van der Waals surface area contributed by atoms with E-state index in [1.807, 2.05) is 0 Å². The number of amides is 2. The van der Waals surface area contributed by atoms with Gasteiger partial charge >= 0.3 is 12.0 Å². The number of allylic oxidation sites excluding steroid dienone is 1. The number of halogens is 1. The lowest BCUT2D eigenvalue weighted by atomic mass is 9.95. The van der Waals surface area contributed by atoms with Crippen LogP contribution in [-0.2, 0) is 4.79 Å². The second kappa shape index (κ2) is 5.88. The standard InChI is InChI=1S/C14H15BrN2O5/c1-6-10(13(19)20)11(16-14(21)17(6)2)7-4-8(15)12(18)9(5-7)22-3/h4-5,11,18H,1-3H3,(H,16,21)(H,19,20). The van der Waals surface area contributed by atoms with Gasteiger partial charge in [-0.05, 0) is 40.5 Å². The van der Waals surface area contributed by atoms with Crippen molar-refractivity contribution >= 4 is 27.9 Å². The number of carboxylic acid groups (broad SMARTS) is 1. The second-order valence-corrected chi connectivity index (χ2v) is 5.65. The fourth-order valence-corrected chi connectivity index (χ4v) is 2.74. The second-order valence-electron chi connectivity index (χ2n) is 4.80. The van der Waals surface area contributed by atoms with Crippen LogP contribution in [0.2, 0.25) is 0 Å². The summed E-state index contributed by atoms with van der Waals surface area (Å²) in [7, 11) is 2.88. The van der Waals surface area contributed by atoms with Crippen LogP contribution < -0.4 is 10.1 Å². The molecule has 1 aliphatic heterocycles. The maximum absolute atomic E-state index is 12.0. The molecule has 0 aromatic heterocycles. The number of hydrogen-bond acceptors (Lipinski definition) is 4. The lowest BCUT2D eigenvalue weighted by Crippen LogP contribution is -2.46. The highest BCUT2D eigenvalue weighted by atomic mass is 79.9. The van der Waals surface area contributed by atoms with E-state index in [0.29, 0.717) is 15.7 Å². The van der Waals surface area contributed by atoms with Gasteiger partial charge in [-0.3, -0.25) is 0 Å². The molecule has 0 radical (unpaired) electrons. The van der Waals surface area contributed by atoms with Crippen LogP contribution in [0.5, 0.6) is 11.5 Å². The molecule has 0 fully saturated rings. The van der Waals surface area contributed by atoms with Gasteiger partial charge in [-0.25, -0.2) is 9.59 Å². The van der Waals surface area contributed by atoms with Gasteiger partial charge in [0, 0.05) is 12.7 Å². The Morgan fingerprint density at radius 1 is 1.45 bits per heavy atom. The van der Waals surface area contributed by atoms with Gasteiger partial charge in [0.1, 0.15) is 0 Å². The number of rotatable bonds is 3. The average Bonchev–Trinajstić information content (AvgIpc) is 2.46. The quantitative estimate of drug-likeness (QED) is 0.757. The molecule has 7 nitrogen and oxygen atoms in total. The molecule has 22 heavy (non-hydrogen) atoms. The summed E-state index contributed by atoms with van der Waals surface area (Å²) in [6, 6.07) is 1.79. The maximum Gasteiger partial charge on any atom is 0.335 e. The minimum absolute atomic E-state index is 0.0572. The van der Waals surface area contributed by atoms with E-state index >= 15 is 0 Å². The van der Waals surface area contributed by atoms with E-state index in [4.69, 9.17) is 4.74 Å². The van der Waals surface area contributed by atoms with Crippen LogP contribution in [0.1, 0.15) is 18.5 Å². The predicted octanol–water partition coefficient (Wildman–Crippen LogP) is 2.22. The smallest absolute Gasteiger partial charge is 0.335 e. The van der Waals surface area contributed by atoms with Gasteiger partial charge in [0.15, 0.2) is 11.5 Å². The molecule has 0 spiro atoms. The van der Waals surface area contributed by atoms with E-state index in [1.165, 1.54) is 25.1 Å². The van der Waals surface area contributed by atoms with Crippen LogP contribution in [0, 0.1) is 0 Å². The summed E-state index contributed by atoms with van der Waals surface area (Å²) >= 11 is 3.19. The van der Waals surface area contributed by atoms with E-state index < -0.39 is 18.0 Å². The predicted molar refractivity (Wildman–Crippen MR) is 81.7 cm³/mol. The van der Waals surface area contributed by atoms with Gasteiger partial charge in [-0.1, -0.05) is 0 Å². The number of ether oxygens (including phenoxy) is 1. The fraction of sp³-hybridized carbons (Fsp3) is 0.286. The number of aliphatic carboxylic acids is 1. The van der Waals surface area contributed by atoms with Crippen LogP contribution in [-0.4, -0.2) is 41.3 Å². The molecule has 1 aliphatic rings. The molecular weight excluding hydrogens is 356 g/mol. The monoisotopic (exact) mass is 370 g/mol. The van der Waals surface area contributed by atoms with Crippen molar-refractivity contribution in [1.29, 1.82) is 0 Å². The molecule has 0 bridgehead atoms. The average molecular weight is 371 g/mol. The third kappa shape index (κ3) is 2.61. The number of nitrogens with one attached hydrogen (secondary N) is 1. The summed E-state index contributed by atoms with van der Waals surface area (Å²) < 4.78 is 5.41. The zero-order valence-electron chi connectivity index (χ0n) is 12.2. The van der Waals surface area contributed by atoms with Crippen LogP contribution in [0.15, 0.2) is 27.9 Å². The molecule has 0 saturated heterocycles. The third-order valence-corrected chi connectivity index (χ3v) is 4.19. The van der Waals surface area contributed by atoms with E-state index in [2.05, 4.69) is 21.2 Å². The van der Waals surface area contributed by atoms with Gasteiger partial charge in [-0.15, -0.1) is 0 Å². The minimum atomic E-state index is -1.13. The van der Waals surface area contributed by atoms with Crippen LogP contribution in [0.4, 0.5) is 4.79 Å². The lowest BCUT2D eigenvalue weighted by Gasteiger charge is -2.32. The van der Waals surface area contributed by atoms with E-state index in [0.717, 1.165) is 0 Å². The third-order valence-electron chi connectivity index (χ3n) is 3.59. The largest absolute Gasteiger partial charge is 0.503 e. The van der Waals surface area contributed by atoms with Crippen molar-refractivity contribution in [3.63, 3.8) is 0 Å². The van der Waals surface area contributed by atoms with E-state index in [1.54, 1.807) is 13.0 Å². The lowest BCUT2D eigenvalue weighted by molar-refractivity contribution is -0.133. The highest BCUT2D eigenvalue weighted by Crippen LogP contribution is 2.39. The Balaban J connectivity index is 2.62. The van der Waals surface area contributed by atoms with Crippen LogP contribution in [0.25, 0.3) is 0 Å². The van der Waals surface area contributed by atoms with Gasteiger partial charge in [-0.2, -0.15) is 0 Å². The number of phenols is 1. The summed E-state index contributed by atoms with van der Waals surface area (Å²) in [6.45, 7) is 1.57. The molecule has 2 rings (SSSR count). The molecule has 8 heteroatoms.